The van der Waals surface area contributed by atoms with Crippen molar-refractivity contribution >= 4 is 32.7 Å². The summed E-state index contributed by atoms with van der Waals surface area (Å²) < 4.78 is 24.2. The molecular weight excluding hydrogens is 392 g/mol. The van der Waals surface area contributed by atoms with Crippen molar-refractivity contribution in [2.45, 2.75) is 56.2 Å². The molecule has 0 N–H and O–H groups in total. The first-order valence-electron chi connectivity index (χ1n) is 10.3. The van der Waals surface area contributed by atoms with Crippen LogP contribution in [0.2, 0.25) is 0 Å². The molecule has 2 atom stereocenters. The lowest BCUT2D eigenvalue weighted by Gasteiger charge is -2.24. The van der Waals surface area contributed by atoms with Gasteiger partial charge in [-0.05, 0) is 24.3 Å². The van der Waals surface area contributed by atoms with Crippen LogP contribution in [-0.2, 0) is 21.1 Å². The average Bonchev–Trinajstić information content (AvgIpc) is 3.35. The fourth-order valence-corrected chi connectivity index (χ4v) is 8.58. The maximum absolute atomic E-state index is 12.5. The standard InChI is InChI=1S/C21H28N2O3S2/c24-20(11-10-16-8-4-5-9-16)22-21-23(13-12-17-6-2-1-3-7-17)18-14-28(25,26)15-19(18)27-21/h1-3,6-7,16,18-19H,4-5,8-15H2/t18-,19-/m1/s1. The van der Waals surface area contributed by atoms with Gasteiger partial charge in [0.1, 0.15) is 0 Å². The zero-order valence-electron chi connectivity index (χ0n) is 16.1. The van der Waals surface area contributed by atoms with Crippen LogP contribution in [-0.4, -0.2) is 53.7 Å². The lowest BCUT2D eigenvalue weighted by atomic mass is 10.0. The fourth-order valence-electron chi connectivity index (χ4n) is 4.58. The highest BCUT2D eigenvalue weighted by Crippen LogP contribution is 2.38. The third-order valence-electron chi connectivity index (χ3n) is 6.12. The Labute approximate surface area is 171 Å². The highest BCUT2D eigenvalue weighted by atomic mass is 32.2. The molecule has 0 unspecified atom stereocenters. The van der Waals surface area contributed by atoms with Crippen LogP contribution >= 0.6 is 11.8 Å². The van der Waals surface area contributed by atoms with Gasteiger partial charge in [0.05, 0.1) is 17.5 Å². The van der Waals surface area contributed by atoms with E-state index in [-0.39, 0.29) is 28.7 Å². The predicted molar refractivity (Wildman–Crippen MR) is 114 cm³/mol. The number of hydrogen-bond donors (Lipinski definition) is 0. The van der Waals surface area contributed by atoms with Gasteiger partial charge in [-0.25, -0.2) is 8.42 Å². The van der Waals surface area contributed by atoms with E-state index in [1.165, 1.54) is 43.0 Å². The van der Waals surface area contributed by atoms with Gasteiger partial charge >= 0.3 is 0 Å². The summed E-state index contributed by atoms with van der Waals surface area (Å²) in [6.07, 6.45) is 7.32. The lowest BCUT2D eigenvalue weighted by Crippen LogP contribution is -2.39. The van der Waals surface area contributed by atoms with Gasteiger partial charge in [0.15, 0.2) is 15.0 Å². The normalized spacial score (nSPS) is 28.1. The van der Waals surface area contributed by atoms with Gasteiger partial charge in [0, 0.05) is 18.2 Å². The van der Waals surface area contributed by atoms with Gasteiger partial charge < -0.3 is 4.90 Å². The van der Waals surface area contributed by atoms with Gasteiger partial charge in [0.2, 0.25) is 5.91 Å². The average molecular weight is 421 g/mol. The van der Waals surface area contributed by atoms with E-state index >= 15 is 0 Å². The van der Waals surface area contributed by atoms with Crippen LogP contribution in [0.15, 0.2) is 35.3 Å². The molecule has 2 saturated heterocycles. The molecule has 0 radical (unpaired) electrons. The summed E-state index contributed by atoms with van der Waals surface area (Å²) in [7, 11) is -3.00. The quantitative estimate of drug-likeness (QED) is 0.706. The Hall–Kier alpha value is -1.34. The third kappa shape index (κ3) is 4.79. The molecule has 28 heavy (non-hydrogen) atoms. The molecule has 0 bridgehead atoms. The number of nitrogens with zero attached hydrogens (tertiary/aromatic N) is 2. The van der Waals surface area contributed by atoms with Crippen molar-refractivity contribution in [3.63, 3.8) is 0 Å². The minimum absolute atomic E-state index is 0.00200. The molecule has 1 amide bonds. The van der Waals surface area contributed by atoms with E-state index in [2.05, 4.69) is 22.0 Å². The second-order valence-electron chi connectivity index (χ2n) is 8.21. The third-order valence-corrected chi connectivity index (χ3v) is 9.37. The lowest BCUT2D eigenvalue weighted by molar-refractivity contribution is -0.118. The van der Waals surface area contributed by atoms with Crippen molar-refractivity contribution in [3.8, 4) is 0 Å². The maximum atomic E-state index is 12.5. The number of carbonyl (C=O) groups excluding carboxylic acids is 1. The Kier molecular flexibility index (Phi) is 6.11. The van der Waals surface area contributed by atoms with E-state index in [1.807, 2.05) is 18.2 Å². The van der Waals surface area contributed by atoms with Crippen LogP contribution in [0.3, 0.4) is 0 Å². The zero-order valence-corrected chi connectivity index (χ0v) is 17.8. The van der Waals surface area contributed by atoms with Crippen molar-refractivity contribution in [2.24, 2.45) is 10.9 Å². The van der Waals surface area contributed by atoms with Crippen molar-refractivity contribution in [1.29, 1.82) is 0 Å². The molecule has 1 aromatic carbocycles. The van der Waals surface area contributed by atoms with Crippen LogP contribution in [0, 0.1) is 5.92 Å². The first kappa shape index (κ1) is 20.0. The number of rotatable bonds is 6. The zero-order chi connectivity index (χ0) is 19.6. The number of thioether (sulfide) groups is 1. The Morgan fingerprint density at radius 2 is 1.89 bits per heavy atom. The summed E-state index contributed by atoms with van der Waals surface area (Å²) in [5.41, 5.74) is 1.21. The summed E-state index contributed by atoms with van der Waals surface area (Å²) in [5, 5.41) is 0.736. The molecule has 7 heteroatoms. The van der Waals surface area contributed by atoms with Crippen molar-refractivity contribution < 1.29 is 13.2 Å². The Morgan fingerprint density at radius 3 is 2.64 bits per heavy atom. The predicted octanol–water partition coefficient (Wildman–Crippen LogP) is 3.30. The molecule has 0 spiro atoms. The maximum Gasteiger partial charge on any atom is 0.248 e. The number of fused-ring (bicyclic) bond motifs is 1. The first-order valence-corrected chi connectivity index (χ1v) is 13.0. The first-order chi connectivity index (χ1) is 13.5. The van der Waals surface area contributed by atoms with Crippen LogP contribution in [0.25, 0.3) is 0 Å². The number of carbonyl (C=O) groups is 1. The molecular formula is C21H28N2O3S2. The number of amidine groups is 1. The van der Waals surface area contributed by atoms with Gasteiger partial charge in [-0.2, -0.15) is 4.99 Å². The van der Waals surface area contributed by atoms with E-state index in [4.69, 9.17) is 0 Å². The van der Waals surface area contributed by atoms with Crippen molar-refractivity contribution in [2.75, 3.05) is 18.1 Å². The smallest absolute Gasteiger partial charge is 0.248 e. The minimum atomic E-state index is -3.00. The molecule has 4 rings (SSSR count). The van der Waals surface area contributed by atoms with E-state index in [9.17, 15) is 13.2 Å². The molecule has 0 aromatic heterocycles. The summed E-state index contributed by atoms with van der Waals surface area (Å²) in [6, 6.07) is 10.1. The number of hydrogen-bond acceptors (Lipinski definition) is 4. The topological polar surface area (TPSA) is 66.8 Å². The highest BCUT2D eigenvalue weighted by Gasteiger charge is 2.48. The highest BCUT2D eigenvalue weighted by molar-refractivity contribution is 8.15. The molecule has 3 aliphatic rings. The molecule has 1 saturated carbocycles. The van der Waals surface area contributed by atoms with Crippen LogP contribution < -0.4 is 0 Å². The molecule has 152 valence electrons. The molecule has 3 fully saturated rings. The molecule has 2 heterocycles. The van der Waals surface area contributed by atoms with E-state index < -0.39 is 9.84 Å². The van der Waals surface area contributed by atoms with Crippen molar-refractivity contribution in [1.82, 2.24) is 4.90 Å². The van der Waals surface area contributed by atoms with Crippen LogP contribution in [0.5, 0.6) is 0 Å². The molecule has 1 aromatic rings. The van der Waals surface area contributed by atoms with E-state index in [1.54, 1.807) is 0 Å². The number of sulfone groups is 1. The van der Waals surface area contributed by atoms with E-state index in [0.29, 0.717) is 18.9 Å². The Balaban J connectivity index is 1.43. The number of aliphatic imine (C=N–C) groups is 1. The van der Waals surface area contributed by atoms with Gasteiger partial charge in [-0.3, -0.25) is 4.79 Å². The number of benzene rings is 1. The monoisotopic (exact) mass is 420 g/mol. The van der Waals surface area contributed by atoms with Crippen LogP contribution in [0.1, 0.15) is 44.1 Å². The molecule has 1 aliphatic carbocycles. The second-order valence-corrected chi connectivity index (χ2v) is 11.6. The summed E-state index contributed by atoms with van der Waals surface area (Å²) >= 11 is 1.49. The second kappa shape index (κ2) is 8.57. The fraction of sp³-hybridized carbons (Fsp3) is 0.619. The summed E-state index contributed by atoms with van der Waals surface area (Å²) in [4.78, 5) is 19.0. The van der Waals surface area contributed by atoms with Crippen LogP contribution in [0.4, 0.5) is 0 Å². The minimum Gasteiger partial charge on any atom is -0.346 e. The van der Waals surface area contributed by atoms with E-state index in [0.717, 1.165) is 18.0 Å². The van der Waals surface area contributed by atoms with Crippen molar-refractivity contribution in [3.05, 3.63) is 35.9 Å². The SMILES string of the molecule is O=C(CCC1CCCC1)N=C1S[C@@H]2CS(=O)(=O)C[C@H]2N1CCc1ccccc1. The summed E-state index contributed by atoms with van der Waals surface area (Å²) in [5.74, 6) is 0.995. The van der Waals surface area contributed by atoms with Gasteiger partial charge in [0.25, 0.3) is 0 Å². The van der Waals surface area contributed by atoms with Gasteiger partial charge in [-0.15, -0.1) is 0 Å². The molecule has 5 nitrogen and oxygen atoms in total. The Bertz CT molecular complexity index is 832. The largest absolute Gasteiger partial charge is 0.346 e. The number of amides is 1. The van der Waals surface area contributed by atoms with Gasteiger partial charge in [-0.1, -0.05) is 67.8 Å². The molecule has 2 aliphatic heterocycles. The Morgan fingerprint density at radius 1 is 1.14 bits per heavy atom. The summed E-state index contributed by atoms with van der Waals surface area (Å²) in [6.45, 7) is 0.697.